The van der Waals surface area contributed by atoms with Crippen LogP contribution in [0.4, 0.5) is 0 Å². The Kier molecular flexibility index (Phi) is 14.8. The average Bonchev–Trinajstić information content (AvgIpc) is 2.95. The molecular formula is C29H41N5O5S. The first kappa shape index (κ1) is 32.8. The highest BCUT2D eigenvalue weighted by Crippen LogP contribution is 2.09. The number of aliphatic carboxylic acids is 1. The van der Waals surface area contributed by atoms with Gasteiger partial charge in [-0.15, -0.1) is 0 Å². The van der Waals surface area contributed by atoms with Crippen molar-refractivity contribution in [2.75, 3.05) is 18.6 Å². The molecule has 2 aromatic carbocycles. The summed E-state index contributed by atoms with van der Waals surface area (Å²) in [7, 11) is 0. The van der Waals surface area contributed by atoms with Crippen LogP contribution < -0.4 is 27.4 Å². The van der Waals surface area contributed by atoms with Gasteiger partial charge in [0.2, 0.25) is 17.7 Å². The number of nitrogens with two attached hydrogens (primary N) is 2. The van der Waals surface area contributed by atoms with Crippen LogP contribution in [0.3, 0.4) is 0 Å². The summed E-state index contributed by atoms with van der Waals surface area (Å²) in [5, 5.41) is 17.6. The summed E-state index contributed by atoms with van der Waals surface area (Å²) in [5.74, 6) is -2.25. The summed E-state index contributed by atoms with van der Waals surface area (Å²) < 4.78 is 0. The van der Waals surface area contributed by atoms with E-state index in [0.717, 1.165) is 11.1 Å². The second kappa shape index (κ2) is 18.0. The van der Waals surface area contributed by atoms with Crippen molar-refractivity contribution in [2.45, 2.75) is 62.7 Å². The lowest BCUT2D eigenvalue weighted by molar-refractivity contribution is -0.142. The van der Waals surface area contributed by atoms with E-state index in [1.54, 1.807) is 0 Å². The Labute approximate surface area is 240 Å². The standard InChI is InChI=1S/C29H41N5O5S/c1-40-17-15-24(29(38)39)33-28(37)25(19-21-12-6-3-7-13-21)34-27(36)23(14-8-9-16-30)32-26(35)22(31)18-20-10-4-2-5-11-20/h2-7,10-13,22-25H,8-9,14-19,30-31H2,1H3,(H,32,35)(H,33,37)(H,34,36)(H,38,39). The van der Waals surface area contributed by atoms with Crippen molar-refractivity contribution in [1.82, 2.24) is 16.0 Å². The van der Waals surface area contributed by atoms with Gasteiger partial charge in [-0.2, -0.15) is 11.8 Å². The first-order valence-electron chi connectivity index (χ1n) is 13.4. The monoisotopic (exact) mass is 571 g/mol. The molecule has 0 heterocycles. The largest absolute Gasteiger partial charge is 0.480 e. The number of hydrogen-bond donors (Lipinski definition) is 6. The number of carboxylic acid groups (broad SMARTS) is 1. The molecule has 2 aromatic rings. The second-order valence-corrected chi connectivity index (χ2v) is 10.6. The lowest BCUT2D eigenvalue weighted by Crippen LogP contribution is -2.57. The molecule has 3 amide bonds. The van der Waals surface area contributed by atoms with Crippen LogP contribution in [0.15, 0.2) is 60.7 Å². The predicted molar refractivity (Wildman–Crippen MR) is 158 cm³/mol. The number of carboxylic acids is 1. The van der Waals surface area contributed by atoms with Crippen molar-refractivity contribution in [3.63, 3.8) is 0 Å². The van der Waals surface area contributed by atoms with Gasteiger partial charge in [0.25, 0.3) is 0 Å². The van der Waals surface area contributed by atoms with Crippen molar-refractivity contribution in [2.24, 2.45) is 11.5 Å². The molecule has 10 nitrogen and oxygen atoms in total. The SMILES string of the molecule is CSCCC(NC(=O)C(Cc1ccccc1)NC(=O)C(CCCCN)NC(=O)C(N)Cc1ccccc1)C(=O)O. The molecule has 4 atom stereocenters. The first-order valence-corrected chi connectivity index (χ1v) is 14.8. The van der Waals surface area contributed by atoms with Gasteiger partial charge >= 0.3 is 5.97 Å². The molecule has 0 radical (unpaired) electrons. The lowest BCUT2D eigenvalue weighted by atomic mass is 10.0. The Morgan fingerprint density at radius 3 is 1.82 bits per heavy atom. The number of carbonyl (C=O) groups excluding carboxylic acids is 3. The quantitative estimate of drug-likeness (QED) is 0.145. The molecular weight excluding hydrogens is 530 g/mol. The van der Waals surface area contributed by atoms with E-state index < -0.39 is 47.9 Å². The normalized spacial score (nSPS) is 13.9. The van der Waals surface area contributed by atoms with Crippen molar-refractivity contribution in [3.8, 4) is 0 Å². The zero-order valence-corrected chi connectivity index (χ0v) is 23.7. The number of benzene rings is 2. The van der Waals surface area contributed by atoms with Crippen LogP contribution in [0.25, 0.3) is 0 Å². The Bertz CT molecular complexity index is 1070. The molecule has 218 valence electrons. The number of rotatable bonds is 18. The summed E-state index contributed by atoms with van der Waals surface area (Å²) in [4.78, 5) is 51.4. The molecule has 4 unspecified atom stereocenters. The van der Waals surface area contributed by atoms with Crippen molar-refractivity contribution < 1.29 is 24.3 Å². The average molecular weight is 572 g/mol. The molecule has 8 N–H and O–H groups in total. The first-order chi connectivity index (χ1) is 19.2. The summed E-state index contributed by atoms with van der Waals surface area (Å²) in [6.07, 6.45) is 4.07. The number of amides is 3. The zero-order chi connectivity index (χ0) is 29.3. The minimum atomic E-state index is -1.15. The van der Waals surface area contributed by atoms with Gasteiger partial charge in [0, 0.05) is 6.42 Å². The van der Waals surface area contributed by atoms with Crippen molar-refractivity contribution in [3.05, 3.63) is 71.8 Å². The van der Waals surface area contributed by atoms with E-state index in [0.29, 0.717) is 38.0 Å². The van der Waals surface area contributed by atoms with Crippen LogP contribution >= 0.6 is 11.8 Å². The van der Waals surface area contributed by atoms with E-state index in [1.807, 2.05) is 66.9 Å². The van der Waals surface area contributed by atoms with Gasteiger partial charge in [-0.05, 0) is 61.8 Å². The topological polar surface area (TPSA) is 177 Å². The Morgan fingerprint density at radius 1 is 0.750 bits per heavy atom. The van der Waals surface area contributed by atoms with E-state index in [4.69, 9.17) is 11.5 Å². The Balaban J connectivity index is 2.19. The number of carbonyl (C=O) groups is 4. The van der Waals surface area contributed by atoms with Gasteiger partial charge in [-0.1, -0.05) is 60.7 Å². The molecule has 0 aromatic heterocycles. The van der Waals surface area contributed by atoms with Crippen LogP contribution in [0.2, 0.25) is 0 Å². The third-order valence-corrected chi connectivity index (χ3v) is 7.00. The van der Waals surface area contributed by atoms with E-state index >= 15 is 0 Å². The van der Waals surface area contributed by atoms with Crippen LogP contribution in [0.5, 0.6) is 0 Å². The smallest absolute Gasteiger partial charge is 0.326 e. The van der Waals surface area contributed by atoms with Crippen molar-refractivity contribution >= 4 is 35.5 Å². The van der Waals surface area contributed by atoms with E-state index in [-0.39, 0.29) is 12.8 Å². The van der Waals surface area contributed by atoms with Crippen LogP contribution in [0, 0.1) is 0 Å². The van der Waals surface area contributed by atoms with E-state index in [2.05, 4.69) is 16.0 Å². The molecule has 0 spiro atoms. The van der Waals surface area contributed by atoms with Gasteiger partial charge in [-0.25, -0.2) is 4.79 Å². The highest BCUT2D eigenvalue weighted by Gasteiger charge is 2.30. The van der Waals surface area contributed by atoms with Gasteiger partial charge in [0.15, 0.2) is 0 Å². The number of thioether (sulfide) groups is 1. The fraction of sp³-hybridized carbons (Fsp3) is 0.448. The zero-order valence-electron chi connectivity index (χ0n) is 22.9. The molecule has 0 aliphatic carbocycles. The third kappa shape index (κ3) is 11.8. The number of hydrogen-bond acceptors (Lipinski definition) is 7. The maximum Gasteiger partial charge on any atom is 0.326 e. The maximum absolute atomic E-state index is 13.5. The third-order valence-electron chi connectivity index (χ3n) is 6.36. The van der Waals surface area contributed by atoms with Crippen LogP contribution in [-0.4, -0.2) is 71.5 Å². The van der Waals surface area contributed by atoms with E-state index in [1.165, 1.54) is 11.8 Å². The number of nitrogens with one attached hydrogen (secondary N) is 3. The molecule has 0 saturated heterocycles. The van der Waals surface area contributed by atoms with Crippen LogP contribution in [-0.2, 0) is 32.0 Å². The highest BCUT2D eigenvalue weighted by molar-refractivity contribution is 7.98. The Morgan fingerprint density at radius 2 is 1.27 bits per heavy atom. The summed E-state index contributed by atoms with van der Waals surface area (Å²) in [5.41, 5.74) is 13.4. The molecule has 40 heavy (non-hydrogen) atoms. The predicted octanol–water partition coefficient (Wildman–Crippen LogP) is 1.22. The van der Waals surface area contributed by atoms with Crippen molar-refractivity contribution in [1.29, 1.82) is 0 Å². The minimum absolute atomic E-state index is 0.143. The molecule has 0 fully saturated rings. The molecule has 2 rings (SSSR count). The van der Waals surface area contributed by atoms with E-state index in [9.17, 15) is 24.3 Å². The number of unbranched alkanes of at least 4 members (excludes halogenated alkanes) is 1. The fourth-order valence-corrected chi connectivity index (χ4v) is 4.57. The highest BCUT2D eigenvalue weighted by atomic mass is 32.2. The molecule has 0 bridgehead atoms. The van der Waals surface area contributed by atoms with Gasteiger partial charge in [-0.3, -0.25) is 14.4 Å². The van der Waals surface area contributed by atoms with Gasteiger partial charge in [0.1, 0.15) is 18.1 Å². The molecule has 11 heteroatoms. The molecule has 0 aliphatic heterocycles. The van der Waals surface area contributed by atoms with Gasteiger partial charge < -0.3 is 32.5 Å². The molecule has 0 aliphatic rings. The van der Waals surface area contributed by atoms with Crippen LogP contribution in [0.1, 0.15) is 36.8 Å². The minimum Gasteiger partial charge on any atom is -0.480 e. The fourth-order valence-electron chi connectivity index (χ4n) is 4.10. The molecule has 0 saturated carbocycles. The second-order valence-electron chi connectivity index (χ2n) is 9.57. The summed E-state index contributed by atoms with van der Waals surface area (Å²) in [6, 6.07) is 14.5. The lowest BCUT2D eigenvalue weighted by Gasteiger charge is -2.25. The Hall–Kier alpha value is -3.41. The van der Waals surface area contributed by atoms with Gasteiger partial charge in [0.05, 0.1) is 6.04 Å². The maximum atomic E-state index is 13.5. The summed E-state index contributed by atoms with van der Waals surface area (Å²) >= 11 is 1.47. The summed E-state index contributed by atoms with van der Waals surface area (Å²) in [6.45, 7) is 0.432.